The number of thioether (sulfide) groups is 1. The van der Waals surface area contributed by atoms with Crippen LogP contribution < -0.4 is 5.32 Å². The highest BCUT2D eigenvalue weighted by Gasteiger charge is 2.16. The molecule has 0 saturated carbocycles. The Labute approximate surface area is 124 Å². The second-order valence-corrected chi connectivity index (χ2v) is 5.13. The van der Waals surface area contributed by atoms with Crippen LogP contribution in [0, 0.1) is 24.0 Å². The lowest BCUT2D eigenvalue weighted by molar-refractivity contribution is -0.384. The lowest BCUT2D eigenvalue weighted by atomic mass is 10.2. The quantitative estimate of drug-likeness (QED) is 0.512. The van der Waals surface area contributed by atoms with E-state index in [9.17, 15) is 14.9 Å². The third-order valence-corrected chi connectivity index (χ3v) is 3.28. The Hall–Kier alpha value is -2.42. The predicted octanol–water partition coefficient (Wildman–Crippen LogP) is 2.33. The maximum Gasteiger partial charge on any atom is 0.293 e. The number of aryl methyl sites for hydroxylation is 2. The summed E-state index contributed by atoms with van der Waals surface area (Å²) in [4.78, 5) is 22.2. The number of nitrogens with zero attached hydrogens (tertiary/aromatic N) is 3. The molecule has 110 valence electrons. The minimum atomic E-state index is -0.531. The van der Waals surface area contributed by atoms with E-state index in [1.54, 1.807) is 19.9 Å². The lowest BCUT2D eigenvalue weighted by Gasteiger charge is -2.05. The van der Waals surface area contributed by atoms with Gasteiger partial charge in [-0.05, 0) is 18.6 Å². The summed E-state index contributed by atoms with van der Waals surface area (Å²) < 4.78 is 5.11. The van der Waals surface area contributed by atoms with E-state index in [1.807, 2.05) is 0 Å². The molecule has 1 aromatic carbocycles. The van der Waals surface area contributed by atoms with Gasteiger partial charge in [0.1, 0.15) is 5.69 Å². The number of hydrogen-bond donors (Lipinski definition) is 1. The number of benzene rings is 1. The number of anilines is 1. The topological polar surface area (TPSA) is 111 Å². The number of carbonyl (C=O) groups excluding carboxylic acids is 1. The number of aromatic nitrogens is 2. The molecule has 0 atom stereocenters. The average molecular weight is 308 g/mol. The van der Waals surface area contributed by atoms with Crippen molar-refractivity contribution >= 4 is 29.0 Å². The summed E-state index contributed by atoms with van der Waals surface area (Å²) in [5.74, 6) is 0.0435. The third kappa shape index (κ3) is 4.02. The monoisotopic (exact) mass is 308 g/mol. The van der Waals surface area contributed by atoms with Crippen molar-refractivity contribution in [3.8, 4) is 0 Å². The fraction of sp³-hybridized carbons (Fsp3) is 0.250. The first-order valence-corrected chi connectivity index (χ1v) is 6.92. The highest BCUT2D eigenvalue weighted by molar-refractivity contribution is 7.99. The summed E-state index contributed by atoms with van der Waals surface area (Å²) in [7, 11) is 0. The summed E-state index contributed by atoms with van der Waals surface area (Å²) in [6.07, 6.45) is 0. The van der Waals surface area contributed by atoms with Gasteiger partial charge in [0.25, 0.3) is 10.9 Å². The zero-order chi connectivity index (χ0) is 15.4. The number of nitro groups is 1. The first-order chi connectivity index (χ1) is 9.95. The molecule has 21 heavy (non-hydrogen) atoms. The summed E-state index contributed by atoms with van der Waals surface area (Å²) in [5.41, 5.74) is 0.773. The maximum absolute atomic E-state index is 11.8. The van der Waals surface area contributed by atoms with E-state index < -0.39 is 4.92 Å². The Bertz CT molecular complexity index is 686. The Morgan fingerprint density at radius 3 is 2.81 bits per heavy atom. The molecule has 2 rings (SSSR count). The first-order valence-electron chi connectivity index (χ1n) is 5.93. The Morgan fingerprint density at radius 1 is 1.43 bits per heavy atom. The van der Waals surface area contributed by atoms with Gasteiger partial charge in [0, 0.05) is 13.0 Å². The molecule has 8 nitrogen and oxygen atoms in total. The van der Waals surface area contributed by atoms with Gasteiger partial charge in [-0.1, -0.05) is 17.8 Å². The molecule has 0 aliphatic carbocycles. The standard InChI is InChI=1S/C12H12N4O4S/c1-7-3-4-9(10(5-7)16(18)19)13-11(17)6-21-12-15-14-8(2)20-12/h3-5H,6H2,1-2H3,(H,13,17). The Morgan fingerprint density at radius 2 is 2.19 bits per heavy atom. The smallest absolute Gasteiger partial charge is 0.293 e. The first kappa shape index (κ1) is 15.0. The van der Waals surface area contributed by atoms with Gasteiger partial charge in [-0.3, -0.25) is 14.9 Å². The van der Waals surface area contributed by atoms with Gasteiger partial charge in [-0.2, -0.15) is 0 Å². The van der Waals surface area contributed by atoms with Gasteiger partial charge in [-0.15, -0.1) is 10.2 Å². The molecule has 1 aromatic heterocycles. The lowest BCUT2D eigenvalue weighted by Crippen LogP contribution is -2.15. The van der Waals surface area contributed by atoms with Crippen LogP contribution in [0.15, 0.2) is 27.8 Å². The number of rotatable bonds is 5. The van der Waals surface area contributed by atoms with E-state index in [-0.39, 0.29) is 28.3 Å². The number of hydrogen-bond acceptors (Lipinski definition) is 7. The fourth-order valence-corrected chi connectivity index (χ4v) is 2.15. The van der Waals surface area contributed by atoms with Gasteiger partial charge in [0.05, 0.1) is 10.7 Å². The summed E-state index contributed by atoms with van der Waals surface area (Å²) >= 11 is 1.06. The van der Waals surface area contributed by atoms with Gasteiger partial charge in [-0.25, -0.2) is 0 Å². The van der Waals surface area contributed by atoms with Crippen LogP contribution in [0.5, 0.6) is 0 Å². The number of carbonyl (C=O) groups is 1. The van der Waals surface area contributed by atoms with Crippen LogP contribution in [-0.4, -0.2) is 26.8 Å². The third-order valence-electron chi connectivity index (χ3n) is 2.46. The van der Waals surface area contributed by atoms with Crippen molar-refractivity contribution in [1.82, 2.24) is 10.2 Å². The van der Waals surface area contributed by atoms with Gasteiger partial charge >= 0.3 is 0 Å². The second kappa shape index (κ2) is 6.35. The molecule has 0 aliphatic heterocycles. The summed E-state index contributed by atoms with van der Waals surface area (Å²) in [6.45, 7) is 3.39. The molecule has 0 unspecified atom stereocenters. The van der Waals surface area contributed by atoms with Gasteiger partial charge in [0.2, 0.25) is 11.8 Å². The fourth-order valence-electron chi connectivity index (χ4n) is 1.55. The SMILES string of the molecule is Cc1ccc(NC(=O)CSc2nnc(C)o2)c([N+](=O)[O-])c1. The van der Waals surface area contributed by atoms with Crippen LogP contribution in [0.25, 0.3) is 0 Å². The van der Waals surface area contributed by atoms with Crippen molar-refractivity contribution in [2.24, 2.45) is 0 Å². The summed E-state index contributed by atoms with van der Waals surface area (Å²) in [6, 6.07) is 4.61. The zero-order valence-corrected chi connectivity index (χ0v) is 12.1. The largest absolute Gasteiger partial charge is 0.416 e. The van der Waals surface area contributed by atoms with E-state index in [2.05, 4.69) is 15.5 Å². The van der Waals surface area contributed by atoms with Crippen molar-refractivity contribution in [1.29, 1.82) is 0 Å². The van der Waals surface area contributed by atoms with E-state index in [0.29, 0.717) is 5.89 Å². The van der Waals surface area contributed by atoms with Crippen LogP contribution >= 0.6 is 11.8 Å². The highest BCUT2D eigenvalue weighted by atomic mass is 32.2. The minimum absolute atomic E-state index is 0.0205. The van der Waals surface area contributed by atoms with Crippen molar-refractivity contribution < 1.29 is 14.1 Å². The molecular weight excluding hydrogens is 296 g/mol. The van der Waals surface area contributed by atoms with E-state index in [4.69, 9.17) is 4.42 Å². The summed E-state index contributed by atoms with van der Waals surface area (Å²) in [5, 5.41) is 21.1. The number of amides is 1. The van der Waals surface area contributed by atoms with E-state index in [1.165, 1.54) is 12.1 Å². The highest BCUT2D eigenvalue weighted by Crippen LogP contribution is 2.25. The van der Waals surface area contributed by atoms with Gasteiger partial charge < -0.3 is 9.73 Å². The molecule has 0 spiro atoms. The molecule has 1 heterocycles. The molecule has 0 aliphatic rings. The predicted molar refractivity (Wildman–Crippen MR) is 76.2 cm³/mol. The molecule has 1 amide bonds. The molecule has 0 radical (unpaired) electrons. The molecule has 9 heteroatoms. The minimum Gasteiger partial charge on any atom is -0.416 e. The van der Waals surface area contributed by atoms with Crippen LogP contribution in [0.3, 0.4) is 0 Å². The molecule has 0 saturated heterocycles. The zero-order valence-electron chi connectivity index (χ0n) is 11.3. The Balaban J connectivity index is 2.01. The van der Waals surface area contributed by atoms with Crippen molar-refractivity contribution in [2.75, 3.05) is 11.1 Å². The van der Waals surface area contributed by atoms with Crippen LogP contribution in [0.1, 0.15) is 11.5 Å². The van der Waals surface area contributed by atoms with Crippen molar-refractivity contribution in [3.63, 3.8) is 0 Å². The van der Waals surface area contributed by atoms with Crippen LogP contribution in [0.4, 0.5) is 11.4 Å². The maximum atomic E-state index is 11.8. The van der Waals surface area contributed by atoms with E-state index in [0.717, 1.165) is 17.3 Å². The van der Waals surface area contributed by atoms with Crippen LogP contribution in [-0.2, 0) is 4.79 Å². The molecular formula is C12H12N4O4S. The Kier molecular flexibility index (Phi) is 4.53. The molecule has 2 aromatic rings. The average Bonchev–Trinajstić information content (AvgIpc) is 2.84. The number of nitrogens with one attached hydrogen (secondary N) is 1. The van der Waals surface area contributed by atoms with Crippen molar-refractivity contribution in [3.05, 3.63) is 39.8 Å². The van der Waals surface area contributed by atoms with E-state index >= 15 is 0 Å². The molecule has 0 fully saturated rings. The molecule has 1 N–H and O–H groups in total. The molecule has 0 bridgehead atoms. The van der Waals surface area contributed by atoms with Crippen LogP contribution in [0.2, 0.25) is 0 Å². The van der Waals surface area contributed by atoms with Gasteiger partial charge in [0.15, 0.2) is 0 Å². The van der Waals surface area contributed by atoms with Crippen molar-refractivity contribution in [2.45, 2.75) is 19.1 Å². The second-order valence-electron chi connectivity index (χ2n) is 4.20. The number of nitro benzene ring substituents is 1. The normalized spacial score (nSPS) is 10.4.